The molecule has 0 aliphatic carbocycles. The maximum atomic E-state index is 15.3. The van der Waals surface area contributed by atoms with Crippen molar-refractivity contribution < 1.29 is 24.2 Å². The van der Waals surface area contributed by atoms with Gasteiger partial charge in [0, 0.05) is 55.2 Å². The molecule has 3 aromatic carbocycles. The van der Waals surface area contributed by atoms with E-state index in [1.807, 2.05) is 76.4 Å². The number of rotatable bonds is 16. The van der Waals surface area contributed by atoms with Gasteiger partial charge in [0.15, 0.2) is 5.60 Å². The van der Waals surface area contributed by atoms with E-state index in [4.69, 9.17) is 9.47 Å². The lowest BCUT2D eigenvalue weighted by molar-refractivity contribution is -0.145. The molecule has 55 heavy (non-hydrogen) atoms. The lowest BCUT2D eigenvalue weighted by Gasteiger charge is -2.37. The average Bonchev–Trinajstić information content (AvgIpc) is 3.83. The number of carbonyl (C=O) groups excluding carboxylic acids is 2. The number of carbonyl (C=O) groups is 2. The number of aromatic nitrogens is 3. The van der Waals surface area contributed by atoms with Crippen molar-refractivity contribution in [1.29, 1.82) is 0 Å². The highest BCUT2D eigenvalue weighted by Gasteiger charge is 2.66. The van der Waals surface area contributed by atoms with Crippen LogP contribution in [0.2, 0.25) is 18.6 Å². The summed E-state index contributed by atoms with van der Waals surface area (Å²) < 4.78 is 14.7. The topological polar surface area (TPSA) is 110 Å². The number of aliphatic hydroxyl groups excluding tert-OH is 1. The first-order valence-corrected chi connectivity index (χ1v) is 22.4. The molecule has 0 radical (unpaired) electrons. The highest BCUT2D eigenvalue weighted by atomic mass is 28.3. The van der Waals surface area contributed by atoms with E-state index in [9.17, 15) is 9.90 Å². The third kappa shape index (κ3) is 7.96. The number of hydrogen-bond acceptors (Lipinski definition) is 7. The van der Waals surface area contributed by atoms with Gasteiger partial charge in [-0.15, -0.1) is 5.10 Å². The number of amides is 2. The average molecular weight is 762 g/mol. The first-order chi connectivity index (χ1) is 26.4. The summed E-state index contributed by atoms with van der Waals surface area (Å²) in [5.41, 5.74) is 4.99. The Bertz CT molecular complexity index is 2020. The van der Waals surface area contributed by atoms with Crippen LogP contribution in [0, 0.1) is 5.92 Å². The molecule has 4 atom stereocenters. The molecule has 1 N–H and O–H groups in total. The summed E-state index contributed by atoms with van der Waals surface area (Å²) in [7, 11) is -0.716. The number of para-hydroxylation sites is 1. The molecular weight excluding hydrogens is 707 g/mol. The van der Waals surface area contributed by atoms with E-state index in [-0.39, 0.29) is 30.1 Å². The summed E-state index contributed by atoms with van der Waals surface area (Å²) >= 11 is 0. The minimum Gasteiger partial charge on any atom is -0.497 e. The molecular formula is C44H55N5O5Si. The zero-order valence-electron chi connectivity index (χ0n) is 33.2. The van der Waals surface area contributed by atoms with Crippen molar-refractivity contribution in [3.05, 3.63) is 114 Å². The molecule has 3 heterocycles. The lowest BCUT2D eigenvalue weighted by atomic mass is 9.82. The molecule has 2 aliphatic rings. The molecule has 6 rings (SSSR count). The fourth-order valence-electron chi connectivity index (χ4n) is 8.64. The molecule has 4 aromatic rings. The Balaban J connectivity index is 1.45. The summed E-state index contributed by atoms with van der Waals surface area (Å²) in [6.45, 7) is 14.2. The van der Waals surface area contributed by atoms with Crippen LogP contribution >= 0.6 is 0 Å². The SMILES string of the molecule is COc1ccc([Si](C)(C)[C@@H]2[C@@H](CCn3cc(CCO)nn3)O[C@]3(C(=O)N(C/C=C(\C)CCC=C(C)C)c4ccc(N(C=O)c5ccccc5)cc43)[C@H]2C)cc1. The quantitative estimate of drug-likeness (QED) is 0.0718. The first kappa shape index (κ1) is 39.8. The maximum Gasteiger partial charge on any atom is 0.264 e. The van der Waals surface area contributed by atoms with E-state index in [0.717, 1.165) is 47.6 Å². The van der Waals surface area contributed by atoms with Crippen LogP contribution in [0.3, 0.4) is 0 Å². The third-order valence-corrected chi connectivity index (χ3v) is 15.9. The molecule has 2 amide bonds. The highest BCUT2D eigenvalue weighted by molar-refractivity contribution is 6.91. The van der Waals surface area contributed by atoms with E-state index in [1.54, 1.807) is 12.0 Å². The highest BCUT2D eigenvalue weighted by Crippen LogP contribution is 2.60. The number of methoxy groups -OCH3 is 1. The molecule has 1 saturated heterocycles. The molecule has 10 nitrogen and oxygen atoms in total. The summed E-state index contributed by atoms with van der Waals surface area (Å²) in [5.74, 6) is 0.515. The number of anilines is 3. The van der Waals surface area contributed by atoms with Gasteiger partial charge in [0.25, 0.3) is 5.91 Å². The Kier molecular flexibility index (Phi) is 12.2. The van der Waals surface area contributed by atoms with Crippen LogP contribution in [-0.2, 0) is 32.9 Å². The van der Waals surface area contributed by atoms with Crippen LogP contribution in [-0.4, -0.2) is 66.9 Å². The van der Waals surface area contributed by atoms with Crippen molar-refractivity contribution in [3.63, 3.8) is 0 Å². The normalized spacial score (nSPS) is 20.9. The smallest absolute Gasteiger partial charge is 0.264 e. The molecule has 1 aromatic heterocycles. The van der Waals surface area contributed by atoms with Gasteiger partial charge < -0.3 is 19.5 Å². The molecule has 11 heteroatoms. The predicted molar refractivity (Wildman–Crippen MR) is 221 cm³/mol. The Morgan fingerprint density at radius 3 is 2.45 bits per heavy atom. The second kappa shape index (κ2) is 16.9. The molecule has 2 aliphatic heterocycles. The van der Waals surface area contributed by atoms with Crippen molar-refractivity contribution in [1.82, 2.24) is 15.0 Å². The van der Waals surface area contributed by atoms with E-state index in [1.165, 1.54) is 16.3 Å². The molecule has 1 fully saturated rings. The van der Waals surface area contributed by atoms with Gasteiger partial charge in [0.1, 0.15) is 5.75 Å². The Morgan fingerprint density at radius 1 is 1.04 bits per heavy atom. The fourth-order valence-corrected chi connectivity index (χ4v) is 12.7. The van der Waals surface area contributed by atoms with Gasteiger partial charge in [-0.1, -0.05) is 84.0 Å². The van der Waals surface area contributed by atoms with Gasteiger partial charge in [0.2, 0.25) is 6.41 Å². The Labute approximate surface area is 326 Å². The minimum atomic E-state index is -2.39. The zero-order chi connectivity index (χ0) is 39.3. The number of aliphatic hydroxyl groups is 1. The second-order valence-corrected chi connectivity index (χ2v) is 20.4. The number of benzene rings is 3. The van der Waals surface area contributed by atoms with Gasteiger partial charge in [0.05, 0.1) is 32.7 Å². The second-order valence-electron chi connectivity index (χ2n) is 15.7. The van der Waals surface area contributed by atoms with Crippen molar-refractivity contribution in [2.45, 2.75) is 90.3 Å². The third-order valence-electron chi connectivity index (χ3n) is 11.5. The lowest BCUT2D eigenvalue weighted by Crippen LogP contribution is -2.52. The number of ether oxygens (including phenoxy) is 2. The first-order valence-electron chi connectivity index (χ1n) is 19.3. The molecule has 0 unspecified atom stereocenters. The van der Waals surface area contributed by atoms with Crippen LogP contribution in [0.4, 0.5) is 17.1 Å². The van der Waals surface area contributed by atoms with Crippen LogP contribution in [0.1, 0.15) is 58.2 Å². The minimum absolute atomic E-state index is 0.00414. The van der Waals surface area contributed by atoms with E-state index >= 15 is 4.79 Å². The Morgan fingerprint density at radius 2 is 1.78 bits per heavy atom. The number of aryl methyl sites for hydroxylation is 1. The number of fused-ring (bicyclic) bond motifs is 2. The van der Waals surface area contributed by atoms with Crippen molar-refractivity contribution >= 4 is 42.6 Å². The molecule has 290 valence electrons. The Hall–Kier alpha value is -4.84. The molecule has 0 saturated carbocycles. The van der Waals surface area contributed by atoms with Crippen LogP contribution in [0.5, 0.6) is 5.75 Å². The van der Waals surface area contributed by atoms with Crippen molar-refractivity contribution in [2.75, 3.05) is 30.1 Å². The number of hydrogen-bond donors (Lipinski definition) is 1. The van der Waals surface area contributed by atoms with E-state index in [2.05, 4.69) is 75.4 Å². The zero-order valence-corrected chi connectivity index (χ0v) is 34.2. The summed E-state index contributed by atoms with van der Waals surface area (Å²) in [6, 6.07) is 23.8. The van der Waals surface area contributed by atoms with Gasteiger partial charge in [-0.3, -0.25) is 19.2 Å². The van der Waals surface area contributed by atoms with Gasteiger partial charge in [-0.2, -0.15) is 0 Å². The van der Waals surface area contributed by atoms with Gasteiger partial charge >= 0.3 is 0 Å². The largest absolute Gasteiger partial charge is 0.497 e. The number of nitrogens with zero attached hydrogens (tertiary/aromatic N) is 5. The molecule has 1 spiro atoms. The molecule has 0 bridgehead atoms. The van der Waals surface area contributed by atoms with Gasteiger partial charge in [-0.05, 0) is 88.0 Å². The van der Waals surface area contributed by atoms with Crippen LogP contribution < -0.4 is 19.7 Å². The van der Waals surface area contributed by atoms with E-state index in [0.29, 0.717) is 31.6 Å². The fraction of sp³-hybridized carbons (Fsp3) is 0.409. The number of allylic oxidation sites excluding steroid dienone is 3. The van der Waals surface area contributed by atoms with Crippen molar-refractivity contribution in [3.8, 4) is 5.75 Å². The monoisotopic (exact) mass is 761 g/mol. The van der Waals surface area contributed by atoms with E-state index < -0.39 is 13.7 Å². The van der Waals surface area contributed by atoms with Crippen LogP contribution in [0.15, 0.2) is 102 Å². The van der Waals surface area contributed by atoms with Gasteiger partial charge in [-0.25, -0.2) is 0 Å². The summed E-state index contributed by atoms with van der Waals surface area (Å²) in [5, 5.41) is 19.3. The summed E-state index contributed by atoms with van der Waals surface area (Å²) in [6.07, 6.45) is 9.72. The standard InChI is InChI=1S/C44H55N5O5Si/c1-31(2)12-11-13-32(3)22-26-48-40-21-16-36(49(30-51)35-14-9-8-10-15-35)28-39(40)44(43(48)52)33(4)42(55(6,7)38-19-17-37(53-5)18-20-38)41(54-44)23-25-47-29-34(24-27-50)45-46-47/h8-10,12,14-22,28-30,33,41-42,50H,11,13,23-27H2,1-7H3/b32-22+/t33-,41+,42-,44+/m0/s1. The van der Waals surface area contributed by atoms with Crippen molar-refractivity contribution in [2.24, 2.45) is 5.92 Å². The predicted octanol–water partition coefficient (Wildman–Crippen LogP) is 7.46. The summed E-state index contributed by atoms with van der Waals surface area (Å²) in [4.78, 5) is 31.5. The maximum absolute atomic E-state index is 15.3. The van der Waals surface area contributed by atoms with Crippen LogP contribution in [0.25, 0.3) is 0 Å².